The third kappa shape index (κ3) is 12.3. The molecule has 16 heteroatoms. The second kappa shape index (κ2) is 19.3. The Morgan fingerprint density at radius 3 is 1.80 bits per heavy atom. The number of nitrogens with one attached hydrogen (secondary N) is 4. The molecule has 1 saturated heterocycles. The van der Waals surface area contributed by atoms with Gasteiger partial charge in [0.1, 0.15) is 30.8 Å². The van der Waals surface area contributed by atoms with Gasteiger partial charge < -0.3 is 40.4 Å². The third-order valence-corrected chi connectivity index (χ3v) is 7.63. The second-order valence-electron chi connectivity index (χ2n) is 11.4. The number of esters is 3. The van der Waals surface area contributed by atoms with Gasteiger partial charge in [-0.3, -0.25) is 24.0 Å². The molecule has 0 radical (unpaired) electrons. The third-order valence-electron chi connectivity index (χ3n) is 7.63. The van der Waals surface area contributed by atoms with Gasteiger partial charge in [-0.15, -0.1) is 0 Å². The van der Waals surface area contributed by atoms with Gasteiger partial charge in [-0.05, 0) is 17.5 Å². The monoisotopic (exact) mass is 695 g/mol. The van der Waals surface area contributed by atoms with E-state index in [-0.39, 0.29) is 25.9 Å². The quantitative estimate of drug-likeness (QED) is 0.210. The zero-order valence-electron chi connectivity index (χ0n) is 28.0. The van der Waals surface area contributed by atoms with Crippen molar-refractivity contribution in [3.8, 4) is 0 Å². The summed E-state index contributed by atoms with van der Waals surface area (Å²) in [5.74, 6) is -6.76. The first-order chi connectivity index (χ1) is 23.9. The summed E-state index contributed by atoms with van der Waals surface area (Å²) in [6.45, 7) is -0.700. The molecule has 16 nitrogen and oxygen atoms in total. The molecule has 0 aromatic heterocycles. The fourth-order valence-electron chi connectivity index (χ4n) is 4.96. The molecule has 2 aromatic rings. The molecule has 268 valence electrons. The Hall–Kier alpha value is -5.80. The molecule has 1 aliphatic heterocycles. The Morgan fingerprint density at radius 2 is 1.20 bits per heavy atom. The molecular weight excluding hydrogens is 654 g/mol. The lowest BCUT2D eigenvalue weighted by Gasteiger charge is -2.24. The van der Waals surface area contributed by atoms with Gasteiger partial charge in [0.15, 0.2) is 0 Å². The first-order valence-electron chi connectivity index (χ1n) is 15.7. The largest absolute Gasteiger partial charge is 0.467 e. The second-order valence-corrected chi connectivity index (χ2v) is 11.4. The van der Waals surface area contributed by atoms with Crippen LogP contribution in [0.15, 0.2) is 60.7 Å². The molecule has 1 fully saturated rings. The van der Waals surface area contributed by atoms with Crippen molar-refractivity contribution in [3.63, 3.8) is 0 Å². The van der Waals surface area contributed by atoms with E-state index in [2.05, 4.69) is 21.3 Å². The topological polar surface area (TPSA) is 216 Å². The van der Waals surface area contributed by atoms with E-state index in [0.29, 0.717) is 11.1 Å². The summed E-state index contributed by atoms with van der Waals surface area (Å²) in [4.78, 5) is 105. The van der Waals surface area contributed by atoms with Crippen LogP contribution >= 0.6 is 0 Å². The molecule has 1 heterocycles. The molecule has 0 saturated carbocycles. The minimum Gasteiger partial charge on any atom is -0.467 e. The van der Waals surface area contributed by atoms with E-state index in [0.717, 1.165) is 19.1 Å². The number of nitrogens with zero attached hydrogens (tertiary/aromatic N) is 1. The maximum atomic E-state index is 13.8. The van der Waals surface area contributed by atoms with Crippen molar-refractivity contribution in [2.75, 3.05) is 27.8 Å². The average molecular weight is 696 g/mol. The van der Waals surface area contributed by atoms with Gasteiger partial charge in [-0.1, -0.05) is 60.7 Å². The lowest BCUT2D eigenvalue weighted by atomic mass is 10.0. The number of benzene rings is 2. The van der Waals surface area contributed by atoms with Crippen LogP contribution in [-0.4, -0.2) is 104 Å². The van der Waals surface area contributed by atoms with Crippen molar-refractivity contribution in [3.05, 3.63) is 71.8 Å². The fraction of sp³-hybridized carbons (Fsp3) is 0.412. The smallest absolute Gasteiger partial charge is 0.329 e. The van der Waals surface area contributed by atoms with Crippen molar-refractivity contribution < 1.29 is 52.6 Å². The molecule has 5 amide bonds. The van der Waals surface area contributed by atoms with E-state index in [1.54, 1.807) is 60.7 Å². The summed E-state index contributed by atoms with van der Waals surface area (Å²) >= 11 is 0. The van der Waals surface area contributed by atoms with E-state index in [4.69, 9.17) is 14.2 Å². The normalized spacial score (nSPS) is 21.5. The highest BCUT2D eigenvalue weighted by Crippen LogP contribution is 2.10. The molecule has 0 aliphatic carbocycles. The van der Waals surface area contributed by atoms with Crippen LogP contribution in [0.5, 0.6) is 0 Å². The first kappa shape index (κ1) is 38.6. The number of hydrogen-bond donors (Lipinski definition) is 4. The van der Waals surface area contributed by atoms with Crippen molar-refractivity contribution in [1.82, 2.24) is 26.2 Å². The van der Waals surface area contributed by atoms with Gasteiger partial charge in [-0.2, -0.15) is 0 Å². The minimum absolute atomic E-state index is 0.0665. The zero-order valence-corrected chi connectivity index (χ0v) is 28.0. The van der Waals surface area contributed by atoms with Crippen LogP contribution < -0.4 is 21.3 Å². The molecular formula is C34H41N5O11. The first-order valence-corrected chi connectivity index (χ1v) is 15.7. The van der Waals surface area contributed by atoms with E-state index in [1.807, 2.05) is 0 Å². The van der Waals surface area contributed by atoms with Gasteiger partial charge in [0, 0.05) is 19.9 Å². The number of carbonyl (C=O) groups is 8. The van der Waals surface area contributed by atoms with Gasteiger partial charge in [0.2, 0.25) is 29.5 Å². The molecule has 2 aromatic carbocycles. The number of hydrogen-bond acceptors (Lipinski definition) is 11. The maximum Gasteiger partial charge on any atom is 0.329 e. The van der Waals surface area contributed by atoms with Gasteiger partial charge in [0.25, 0.3) is 0 Å². The van der Waals surface area contributed by atoms with Crippen LogP contribution in [-0.2, 0) is 65.6 Å². The lowest BCUT2D eigenvalue weighted by Crippen LogP contribution is -2.55. The Morgan fingerprint density at radius 1 is 0.680 bits per heavy atom. The van der Waals surface area contributed by atoms with Crippen LogP contribution in [0, 0.1) is 0 Å². The molecule has 50 heavy (non-hydrogen) atoms. The lowest BCUT2D eigenvalue weighted by molar-refractivity contribution is -0.151. The Balaban J connectivity index is 1.98. The number of rotatable bonds is 7. The highest BCUT2D eigenvalue weighted by molar-refractivity contribution is 5.95. The van der Waals surface area contributed by atoms with Crippen LogP contribution in [0.1, 0.15) is 36.8 Å². The van der Waals surface area contributed by atoms with Gasteiger partial charge in [-0.25, -0.2) is 14.4 Å². The number of carbonyl (C=O) groups excluding carboxylic acids is 8. The highest BCUT2D eigenvalue weighted by Gasteiger charge is 2.33. The average Bonchev–Trinajstić information content (AvgIpc) is 3.10. The molecule has 4 atom stereocenters. The van der Waals surface area contributed by atoms with Crippen molar-refractivity contribution in [2.24, 2.45) is 0 Å². The van der Waals surface area contributed by atoms with Crippen LogP contribution in [0.3, 0.4) is 0 Å². The van der Waals surface area contributed by atoms with E-state index >= 15 is 0 Å². The molecule has 0 spiro atoms. The summed E-state index contributed by atoms with van der Waals surface area (Å²) in [5.41, 5.74) is 1.26. The van der Waals surface area contributed by atoms with Crippen molar-refractivity contribution in [1.29, 1.82) is 0 Å². The van der Waals surface area contributed by atoms with Crippen LogP contribution in [0.25, 0.3) is 0 Å². The van der Waals surface area contributed by atoms with Crippen LogP contribution in [0.4, 0.5) is 0 Å². The molecule has 4 N–H and O–H groups in total. The maximum absolute atomic E-state index is 13.8. The molecule has 0 bridgehead atoms. The standard InChI is InChI=1S/C34H41N5O11/c1-39-19-29(42)37-25(33(46)49-3)17-28(41)36-24(16-21-10-6-4-7-11-21)31(44)38-26(34(47)50-20-22-12-8-5-9-13-22)18-27(40)35-23(32(45)48-2)14-15-30(39)43/h4-13,23-26H,14-20H2,1-3H3,(H,35,40)(H,36,41)(H,37,42)(H,38,44)/t23-,24+,25-,26-/m1/s1. The molecule has 1 aliphatic rings. The summed E-state index contributed by atoms with van der Waals surface area (Å²) in [5, 5.41) is 9.83. The van der Waals surface area contributed by atoms with Gasteiger partial charge in [0.05, 0.1) is 33.6 Å². The Labute approximate surface area is 288 Å². The highest BCUT2D eigenvalue weighted by atomic mass is 16.5. The van der Waals surface area contributed by atoms with Crippen LogP contribution in [0.2, 0.25) is 0 Å². The Kier molecular flexibility index (Phi) is 14.9. The number of likely N-dealkylation sites (N-methyl/N-ethyl adjacent to an activating group) is 1. The summed E-state index contributed by atoms with van der Waals surface area (Å²) in [6.07, 6.45) is -1.94. The summed E-state index contributed by atoms with van der Waals surface area (Å²) in [7, 11) is 3.46. The summed E-state index contributed by atoms with van der Waals surface area (Å²) in [6, 6.07) is 11.5. The molecule has 3 rings (SSSR count). The predicted octanol–water partition coefficient (Wildman–Crippen LogP) is -0.710. The number of methoxy groups -OCH3 is 2. The number of amides is 5. The van der Waals surface area contributed by atoms with E-state index in [1.165, 1.54) is 7.05 Å². The zero-order chi connectivity index (χ0) is 36.6. The van der Waals surface area contributed by atoms with Crippen molar-refractivity contribution >= 4 is 47.4 Å². The van der Waals surface area contributed by atoms with E-state index < -0.39 is 91.0 Å². The van der Waals surface area contributed by atoms with Gasteiger partial charge >= 0.3 is 17.9 Å². The molecule has 0 unspecified atom stereocenters. The van der Waals surface area contributed by atoms with Crippen molar-refractivity contribution in [2.45, 2.75) is 62.9 Å². The summed E-state index contributed by atoms with van der Waals surface area (Å²) < 4.78 is 15.0. The van der Waals surface area contributed by atoms with E-state index in [9.17, 15) is 38.4 Å². The minimum atomic E-state index is -1.59. The SMILES string of the molecule is COC(=O)[C@H]1CCC(=O)N(C)CC(=O)N[C@@H](C(=O)OC)CC(=O)N[C@@H](Cc2ccccc2)C(=O)N[C@@H](C(=O)OCc2ccccc2)CC(=O)N1. The Bertz CT molecular complexity index is 1540. The predicted molar refractivity (Wildman–Crippen MR) is 174 cm³/mol. The fourth-order valence-corrected chi connectivity index (χ4v) is 4.96. The number of ether oxygens (including phenoxy) is 3.